The highest BCUT2D eigenvalue weighted by molar-refractivity contribution is 7.16. The van der Waals surface area contributed by atoms with Crippen molar-refractivity contribution in [2.45, 2.75) is 6.54 Å². The van der Waals surface area contributed by atoms with Crippen molar-refractivity contribution in [3.63, 3.8) is 0 Å². The molecule has 3 aromatic rings. The van der Waals surface area contributed by atoms with E-state index in [-0.39, 0.29) is 0 Å². The third-order valence-corrected chi connectivity index (χ3v) is 4.30. The SMILES string of the molecule is Clc1ccc(CNCCOc2cccc3ncccc23)s1. The predicted molar refractivity (Wildman–Crippen MR) is 88.3 cm³/mol. The predicted octanol–water partition coefficient (Wildman–Crippen LogP) is 4.12. The van der Waals surface area contributed by atoms with Gasteiger partial charge in [0.25, 0.3) is 0 Å². The van der Waals surface area contributed by atoms with Crippen LogP contribution >= 0.6 is 22.9 Å². The molecule has 0 aliphatic carbocycles. The Balaban J connectivity index is 1.50. The van der Waals surface area contributed by atoms with Gasteiger partial charge in [-0.25, -0.2) is 0 Å². The Hall–Kier alpha value is -1.62. The van der Waals surface area contributed by atoms with E-state index in [1.165, 1.54) is 4.88 Å². The van der Waals surface area contributed by atoms with E-state index in [0.29, 0.717) is 6.61 Å². The van der Waals surface area contributed by atoms with Gasteiger partial charge >= 0.3 is 0 Å². The van der Waals surface area contributed by atoms with E-state index in [1.807, 2.05) is 42.5 Å². The van der Waals surface area contributed by atoms with Crippen LogP contribution in [0.2, 0.25) is 4.34 Å². The molecule has 21 heavy (non-hydrogen) atoms. The second-order valence-electron chi connectivity index (χ2n) is 4.56. The van der Waals surface area contributed by atoms with Crippen molar-refractivity contribution in [2.75, 3.05) is 13.2 Å². The Morgan fingerprint density at radius 2 is 2.10 bits per heavy atom. The summed E-state index contributed by atoms with van der Waals surface area (Å²) in [6.07, 6.45) is 1.79. The molecular weight excluding hydrogens is 304 g/mol. The number of hydrogen-bond donors (Lipinski definition) is 1. The van der Waals surface area contributed by atoms with Crippen LogP contribution in [0.25, 0.3) is 10.9 Å². The van der Waals surface area contributed by atoms with E-state index in [0.717, 1.165) is 34.1 Å². The van der Waals surface area contributed by atoms with E-state index in [1.54, 1.807) is 17.5 Å². The van der Waals surface area contributed by atoms with Gasteiger partial charge in [-0.3, -0.25) is 4.98 Å². The molecular formula is C16H15ClN2OS. The molecule has 0 amide bonds. The van der Waals surface area contributed by atoms with E-state index in [9.17, 15) is 0 Å². The van der Waals surface area contributed by atoms with Crippen LogP contribution in [0.3, 0.4) is 0 Å². The summed E-state index contributed by atoms with van der Waals surface area (Å²) in [6.45, 7) is 2.22. The summed E-state index contributed by atoms with van der Waals surface area (Å²) in [6, 6.07) is 13.8. The van der Waals surface area contributed by atoms with Crippen LogP contribution in [-0.4, -0.2) is 18.1 Å². The average Bonchev–Trinajstić information content (AvgIpc) is 2.92. The Morgan fingerprint density at radius 3 is 2.95 bits per heavy atom. The number of aromatic nitrogens is 1. The molecule has 3 rings (SSSR count). The fraction of sp³-hybridized carbons (Fsp3) is 0.188. The fourth-order valence-electron chi connectivity index (χ4n) is 2.09. The minimum Gasteiger partial charge on any atom is -0.492 e. The zero-order valence-electron chi connectivity index (χ0n) is 11.4. The largest absolute Gasteiger partial charge is 0.492 e. The van der Waals surface area contributed by atoms with Crippen molar-refractivity contribution in [1.82, 2.24) is 10.3 Å². The first kappa shape index (κ1) is 14.3. The van der Waals surface area contributed by atoms with Crippen molar-refractivity contribution < 1.29 is 4.74 Å². The monoisotopic (exact) mass is 318 g/mol. The van der Waals surface area contributed by atoms with Gasteiger partial charge < -0.3 is 10.1 Å². The first-order chi connectivity index (χ1) is 10.3. The lowest BCUT2D eigenvalue weighted by atomic mass is 10.2. The molecule has 5 heteroatoms. The van der Waals surface area contributed by atoms with Crippen molar-refractivity contribution >= 4 is 33.8 Å². The summed E-state index contributed by atoms with van der Waals surface area (Å²) in [7, 11) is 0. The summed E-state index contributed by atoms with van der Waals surface area (Å²) in [4.78, 5) is 5.55. The number of benzene rings is 1. The molecule has 0 aliphatic heterocycles. The summed E-state index contributed by atoms with van der Waals surface area (Å²) in [5.41, 5.74) is 0.955. The average molecular weight is 319 g/mol. The Morgan fingerprint density at radius 1 is 1.14 bits per heavy atom. The van der Waals surface area contributed by atoms with Gasteiger partial charge in [-0.05, 0) is 36.4 Å². The molecule has 0 saturated heterocycles. The van der Waals surface area contributed by atoms with E-state index in [4.69, 9.17) is 16.3 Å². The van der Waals surface area contributed by atoms with Crippen LogP contribution in [0.4, 0.5) is 0 Å². The second kappa shape index (κ2) is 6.89. The molecule has 108 valence electrons. The molecule has 0 atom stereocenters. The lowest BCUT2D eigenvalue weighted by Gasteiger charge is -2.09. The maximum atomic E-state index is 5.90. The number of pyridine rings is 1. The van der Waals surface area contributed by atoms with Crippen molar-refractivity contribution in [3.05, 3.63) is 57.9 Å². The maximum Gasteiger partial charge on any atom is 0.128 e. The quantitative estimate of drug-likeness (QED) is 0.694. The van der Waals surface area contributed by atoms with Crippen molar-refractivity contribution in [2.24, 2.45) is 0 Å². The van der Waals surface area contributed by atoms with Gasteiger partial charge in [0, 0.05) is 29.5 Å². The Kier molecular flexibility index (Phi) is 4.70. The summed E-state index contributed by atoms with van der Waals surface area (Å²) in [5, 5.41) is 4.39. The van der Waals surface area contributed by atoms with Gasteiger partial charge in [0.2, 0.25) is 0 Å². The highest BCUT2D eigenvalue weighted by Crippen LogP contribution is 2.23. The minimum atomic E-state index is 0.618. The van der Waals surface area contributed by atoms with Gasteiger partial charge in [0.1, 0.15) is 12.4 Å². The topological polar surface area (TPSA) is 34.1 Å². The highest BCUT2D eigenvalue weighted by Gasteiger charge is 2.02. The third kappa shape index (κ3) is 3.73. The van der Waals surface area contributed by atoms with Crippen LogP contribution in [0.1, 0.15) is 4.88 Å². The molecule has 0 saturated carbocycles. The summed E-state index contributed by atoms with van der Waals surface area (Å²) < 4.78 is 6.66. The Labute approximate surface area is 132 Å². The lowest BCUT2D eigenvalue weighted by Crippen LogP contribution is -2.20. The first-order valence-corrected chi connectivity index (χ1v) is 7.94. The number of thiophene rings is 1. The fourth-order valence-corrected chi connectivity index (χ4v) is 3.15. The lowest BCUT2D eigenvalue weighted by molar-refractivity contribution is 0.317. The zero-order chi connectivity index (χ0) is 14.5. The number of rotatable bonds is 6. The number of fused-ring (bicyclic) bond motifs is 1. The molecule has 0 bridgehead atoms. The van der Waals surface area contributed by atoms with E-state index < -0.39 is 0 Å². The number of halogens is 1. The van der Waals surface area contributed by atoms with Gasteiger partial charge in [0.05, 0.1) is 9.85 Å². The molecule has 2 aromatic heterocycles. The van der Waals surface area contributed by atoms with E-state index >= 15 is 0 Å². The molecule has 0 aliphatic rings. The summed E-state index contributed by atoms with van der Waals surface area (Å²) in [5.74, 6) is 0.876. The second-order valence-corrected chi connectivity index (χ2v) is 6.36. The van der Waals surface area contributed by atoms with Gasteiger partial charge in [-0.1, -0.05) is 17.7 Å². The molecule has 3 nitrogen and oxygen atoms in total. The van der Waals surface area contributed by atoms with E-state index in [2.05, 4.69) is 10.3 Å². The maximum absolute atomic E-state index is 5.90. The smallest absolute Gasteiger partial charge is 0.128 e. The van der Waals surface area contributed by atoms with Crippen molar-refractivity contribution in [1.29, 1.82) is 0 Å². The van der Waals surface area contributed by atoms with Crippen LogP contribution in [0, 0.1) is 0 Å². The van der Waals surface area contributed by atoms with Crippen LogP contribution in [-0.2, 0) is 6.54 Å². The molecule has 0 spiro atoms. The van der Waals surface area contributed by atoms with Gasteiger partial charge in [-0.15, -0.1) is 11.3 Å². The number of ether oxygens (including phenoxy) is 1. The van der Waals surface area contributed by atoms with Crippen LogP contribution < -0.4 is 10.1 Å². The molecule has 2 heterocycles. The third-order valence-electron chi connectivity index (χ3n) is 3.07. The molecule has 0 fully saturated rings. The highest BCUT2D eigenvalue weighted by atomic mass is 35.5. The molecule has 1 aromatic carbocycles. The normalized spacial score (nSPS) is 10.9. The first-order valence-electron chi connectivity index (χ1n) is 6.74. The summed E-state index contributed by atoms with van der Waals surface area (Å²) >= 11 is 7.49. The molecule has 0 unspecified atom stereocenters. The number of nitrogens with zero attached hydrogens (tertiary/aromatic N) is 1. The standard InChI is InChI=1S/C16H15ClN2OS/c17-16-7-6-12(21-16)11-18-9-10-20-15-5-1-4-14-13(15)3-2-8-19-14/h1-8,18H,9-11H2. The Bertz CT molecular complexity index is 724. The molecule has 1 N–H and O–H groups in total. The van der Waals surface area contributed by atoms with Crippen LogP contribution in [0.15, 0.2) is 48.7 Å². The van der Waals surface area contributed by atoms with Crippen molar-refractivity contribution in [3.8, 4) is 5.75 Å². The zero-order valence-corrected chi connectivity index (χ0v) is 13.0. The van der Waals surface area contributed by atoms with Gasteiger partial charge in [-0.2, -0.15) is 0 Å². The molecule has 0 radical (unpaired) electrons. The van der Waals surface area contributed by atoms with Crippen LogP contribution in [0.5, 0.6) is 5.75 Å². The minimum absolute atomic E-state index is 0.618. The number of nitrogens with one attached hydrogen (secondary N) is 1. The van der Waals surface area contributed by atoms with Gasteiger partial charge in [0.15, 0.2) is 0 Å². The number of hydrogen-bond acceptors (Lipinski definition) is 4.